The molecule has 0 aliphatic rings. The molecule has 0 aromatic rings. The van der Waals surface area contributed by atoms with Crippen LogP contribution in [0.5, 0.6) is 0 Å². The molecule has 0 spiro atoms. The SMILES string of the molecule is CCCCCCC(O)CCCCCCCCCCCO.O=P(O)(O)O. The first-order chi connectivity index (χ1) is 11.8. The molecule has 1 atom stereocenters. The van der Waals surface area contributed by atoms with Crippen LogP contribution in [0.2, 0.25) is 0 Å². The lowest BCUT2D eigenvalue weighted by molar-refractivity contribution is 0.147. The predicted octanol–water partition coefficient (Wildman–Crippen LogP) is 4.28. The van der Waals surface area contributed by atoms with Crippen LogP contribution in [0, 0.1) is 0 Å². The first-order valence-electron chi connectivity index (χ1n) is 9.88. The largest absolute Gasteiger partial charge is 0.466 e. The van der Waals surface area contributed by atoms with Crippen molar-refractivity contribution >= 4 is 7.82 Å². The third-order valence-electron chi connectivity index (χ3n) is 4.09. The molecule has 0 heterocycles. The van der Waals surface area contributed by atoms with Crippen LogP contribution in [-0.2, 0) is 4.57 Å². The molecule has 6 nitrogen and oxygen atoms in total. The third kappa shape index (κ3) is 35.9. The Balaban J connectivity index is 0. The summed E-state index contributed by atoms with van der Waals surface area (Å²) in [6.45, 7) is 2.57. The summed E-state index contributed by atoms with van der Waals surface area (Å²) in [5.41, 5.74) is 0. The second kappa shape index (κ2) is 20.3. The minimum atomic E-state index is -4.64. The molecule has 0 saturated heterocycles. The van der Waals surface area contributed by atoms with Crippen molar-refractivity contribution < 1.29 is 29.5 Å². The molecule has 0 saturated carbocycles. The van der Waals surface area contributed by atoms with Crippen molar-refractivity contribution in [1.29, 1.82) is 0 Å². The van der Waals surface area contributed by atoms with Crippen LogP contribution in [0.25, 0.3) is 0 Å². The molecule has 25 heavy (non-hydrogen) atoms. The third-order valence-corrected chi connectivity index (χ3v) is 4.09. The first kappa shape index (κ1) is 27.3. The fraction of sp³-hybridized carbons (Fsp3) is 1.00. The van der Waals surface area contributed by atoms with Gasteiger partial charge in [0.1, 0.15) is 0 Å². The summed E-state index contributed by atoms with van der Waals surface area (Å²) in [7, 11) is -4.64. The molecule has 0 rings (SSSR count). The summed E-state index contributed by atoms with van der Waals surface area (Å²) >= 11 is 0. The molecule has 154 valence electrons. The van der Waals surface area contributed by atoms with E-state index in [1.54, 1.807) is 0 Å². The molecular formula is C18H41O6P. The number of aliphatic hydroxyl groups excluding tert-OH is 2. The molecule has 0 aromatic carbocycles. The highest BCUT2D eigenvalue weighted by molar-refractivity contribution is 7.45. The molecule has 1 unspecified atom stereocenters. The minimum Gasteiger partial charge on any atom is -0.396 e. The Labute approximate surface area is 153 Å². The monoisotopic (exact) mass is 384 g/mol. The van der Waals surface area contributed by atoms with Crippen molar-refractivity contribution in [3.05, 3.63) is 0 Å². The summed E-state index contributed by atoms with van der Waals surface area (Å²) in [4.78, 5) is 21.6. The van der Waals surface area contributed by atoms with Crippen LogP contribution in [0.1, 0.15) is 103 Å². The van der Waals surface area contributed by atoms with Gasteiger partial charge in [0.15, 0.2) is 0 Å². The molecule has 5 N–H and O–H groups in total. The maximum absolute atomic E-state index is 9.85. The molecular weight excluding hydrogens is 343 g/mol. The van der Waals surface area contributed by atoms with Crippen molar-refractivity contribution in [3.8, 4) is 0 Å². The zero-order chi connectivity index (χ0) is 19.4. The maximum atomic E-state index is 9.85. The maximum Gasteiger partial charge on any atom is 0.466 e. The van der Waals surface area contributed by atoms with E-state index in [9.17, 15) is 5.11 Å². The van der Waals surface area contributed by atoms with Gasteiger partial charge in [0.25, 0.3) is 0 Å². The van der Waals surface area contributed by atoms with Crippen LogP contribution < -0.4 is 0 Å². The summed E-state index contributed by atoms with van der Waals surface area (Å²) in [6.07, 6.45) is 18.2. The van der Waals surface area contributed by atoms with Crippen LogP contribution >= 0.6 is 7.82 Å². The second-order valence-electron chi connectivity index (χ2n) is 6.71. The zero-order valence-electron chi connectivity index (χ0n) is 16.0. The van der Waals surface area contributed by atoms with E-state index in [1.807, 2.05) is 0 Å². The summed E-state index contributed by atoms with van der Waals surface area (Å²) in [5, 5.41) is 18.5. The molecule has 0 bridgehead atoms. The zero-order valence-corrected chi connectivity index (χ0v) is 16.9. The van der Waals surface area contributed by atoms with Gasteiger partial charge in [-0.15, -0.1) is 0 Å². The summed E-state index contributed by atoms with van der Waals surface area (Å²) in [6, 6.07) is 0. The van der Waals surface area contributed by atoms with Gasteiger partial charge in [-0.3, -0.25) is 0 Å². The highest BCUT2D eigenvalue weighted by atomic mass is 31.2. The van der Waals surface area contributed by atoms with Crippen LogP contribution in [0.15, 0.2) is 0 Å². The standard InChI is InChI=1S/C18H38O2.H3O4P/c1-2-3-4-12-15-18(20)16-13-10-8-6-5-7-9-11-14-17-19;1-5(2,3)4/h18-20H,2-17H2,1H3;(H3,1,2,3,4). The van der Waals surface area contributed by atoms with E-state index >= 15 is 0 Å². The lowest BCUT2D eigenvalue weighted by Crippen LogP contribution is -2.05. The van der Waals surface area contributed by atoms with Gasteiger partial charge in [0.2, 0.25) is 0 Å². The van der Waals surface area contributed by atoms with E-state index in [1.165, 1.54) is 77.0 Å². The minimum absolute atomic E-state index is 0.0506. The van der Waals surface area contributed by atoms with E-state index in [0.29, 0.717) is 6.61 Å². The van der Waals surface area contributed by atoms with Crippen molar-refractivity contribution in [3.63, 3.8) is 0 Å². The highest BCUT2D eigenvalue weighted by Gasteiger charge is 2.03. The normalized spacial score (nSPS) is 12.6. The Morgan fingerprint density at radius 1 is 0.680 bits per heavy atom. The van der Waals surface area contributed by atoms with Crippen LogP contribution in [0.4, 0.5) is 0 Å². The molecule has 0 aliphatic heterocycles. The molecule has 0 amide bonds. The fourth-order valence-electron chi connectivity index (χ4n) is 2.68. The number of hydrogen-bond acceptors (Lipinski definition) is 3. The highest BCUT2D eigenvalue weighted by Crippen LogP contribution is 2.25. The van der Waals surface area contributed by atoms with E-state index in [2.05, 4.69) is 6.92 Å². The Morgan fingerprint density at radius 3 is 1.36 bits per heavy atom. The van der Waals surface area contributed by atoms with Crippen molar-refractivity contribution in [2.45, 2.75) is 109 Å². The summed E-state index contributed by atoms with van der Waals surface area (Å²) in [5.74, 6) is 0. The number of unbranched alkanes of at least 4 members (excludes halogenated alkanes) is 11. The van der Waals surface area contributed by atoms with Gasteiger partial charge in [-0.25, -0.2) is 4.57 Å². The van der Waals surface area contributed by atoms with Gasteiger partial charge in [-0.05, 0) is 19.3 Å². The van der Waals surface area contributed by atoms with Gasteiger partial charge in [0.05, 0.1) is 6.10 Å². The quantitative estimate of drug-likeness (QED) is 0.200. The van der Waals surface area contributed by atoms with Gasteiger partial charge >= 0.3 is 7.82 Å². The van der Waals surface area contributed by atoms with Crippen LogP contribution in [-0.4, -0.2) is 37.6 Å². The number of rotatable bonds is 16. The lowest BCUT2D eigenvalue weighted by Gasteiger charge is -2.10. The number of phosphoric acid groups is 1. The van der Waals surface area contributed by atoms with Gasteiger partial charge in [-0.2, -0.15) is 0 Å². The topological polar surface area (TPSA) is 118 Å². The van der Waals surface area contributed by atoms with Crippen molar-refractivity contribution in [2.24, 2.45) is 0 Å². The second-order valence-corrected chi connectivity index (χ2v) is 7.74. The summed E-state index contributed by atoms with van der Waals surface area (Å²) < 4.78 is 8.88. The predicted molar refractivity (Wildman–Crippen MR) is 102 cm³/mol. The molecule has 0 fully saturated rings. The van der Waals surface area contributed by atoms with E-state index in [0.717, 1.165) is 19.3 Å². The van der Waals surface area contributed by atoms with E-state index in [-0.39, 0.29) is 6.10 Å². The van der Waals surface area contributed by atoms with Gasteiger partial charge in [0, 0.05) is 6.61 Å². The van der Waals surface area contributed by atoms with E-state index < -0.39 is 7.82 Å². The molecule has 0 aliphatic carbocycles. The Bertz CT molecular complexity index is 287. The fourth-order valence-corrected chi connectivity index (χ4v) is 2.68. The average Bonchev–Trinajstić information content (AvgIpc) is 2.52. The van der Waals surface area contributed by atoms with Crippen molar-refractivity contribution in [2.75, 3.05) is 6.61 Å². The van der Waals surface area contributed by atoms with Crippen LogP contribution in [0.3, 0.4) is 0 Å². The molecule has 0 radical (unpaired) electrons. The Morgan fingerprint density at radius 2 is 1.00 bits per heavy atom. The Hall–Kier alpha value is 0.0300. The molecule has 7 heteroatoms. The van der Waals surface area contributed by atoms with Crippen molar-refractivity contribution in [1.82, 2.24) is 0 Å². The number of hydrogen-bond donors (Lipinski definition) is 5. The van der Waals surface area contributed by atoms with E-state index in [4.69, 9.17) is 24.4 Å². The van der Waals surface area contributed by atoms with Gasteiger partial charge in [-0.1, -0.05) is 84.0 Å². The Kier molecular flexibility index (Phi) is 22.2. The number of aliphatic hydroxyl groups is 2. The molecule has 0 aromatic heterocycles. The average molecular weight is 384 g/mol. The van der Waals surface area contributed by atoms with Gasteiger partial charge < -0.3 is 24.9 Å². The smallest absolute Gasteiger partial charge is 0.396 e. The first-order valence-corrected chi connectivity index (χ1v) is 11.4. The lowest BCUT2D eigenvalue weighted by atomic mass is 10.0.